The number of fused-ring (bicyclic) bond motifs is 1. The first-order valence-electron chi connectivity index (χ1n) is 6.29. The Morgan fingerprint density at radius 1 is 1.33 bits per heavy atom. The van der Waals surface area contributed by atoms with Crippen LogP contribution in [-0.4, -0.2) is 33.5 Å². The number of benzene rings is 1. The van der Waals surface area contributed by atoms with E-state index in [4.69, 9.17) is 5.73 Å². The highest BCUT2D eigenvalue weighted by Crippen LogP contribution is 2.35. The average molecular weight is 293 g/mol. The molecule has 2 aliphatic rings. The zero-order valence-electron chi connectivity index (χ0n) is 10.9. The third-order valence-corrected chi connectivity index (χ3v) is 3.80. The second-order valence-electron chi connectivity index (χ2n) is 5.11. The molecular formula is C13H12FN3O4. The Balaban J connectivity index is 2.00. The van der Waals surface area contributed by atoms with Crippen LogP contribution in [0.2, 0.25) is 0 Å². The molecule has 0 aromatic heterocycles. The minimum atomic E-state index is -2.13. The van der Waals surface area contributed by atoms with Gasteiger partial charge in [0.1, 0.15) is 5.82 Å². The Morgan fingerprint density at radius 3 is 2.71 bits per heavy atom. The lowest BCUT2D eigenvalue weighted by Crippen LogP contribution is -2.63. The maximum atomic E-state index is 13.4. The number of piperidine rings is 1. The third kappa shape index (κ3) is 1.87. The van der Waals surface area contributed by atoms with Gasteiger partial charge in [0.2, 0.25) is 11.6 Å². The number of carbonyl (C=O) groups excluding carboxylic acids is 3. The second kappa shape index (κ2) is 4.26. The van der Waals surface area contributed by atoms with Crippen molar-refractivity contribution in [3.8, 4) is 0 Å². The van der Waals surface area contributed by atoms with E-state index in [1.807, 2.05) is 5.32 Å². The molecule has 7 nitrogen and oxygen atoms in total. The van der Waals surface area contributed by atoms with Gasteiger partial charge in [0.15, 0.2) is 0 Å². The summed E-state index contributed by atoms with van der Waals surface area (Å²) in [7, 11) is 0. The lowest BCUT2D eigenvalue weighted by Gasteiger charge is -2.37. The molecule has 110 valence electrons. The molecule has 4 N–H and O–H groups in total. The first kappa shape index (κ1) is 13.5. The first-order valence-corrected chi connectivity index (χ1v) is 6.29. The van der Waals surface area contributed by atoms with Gasteiger partial charge in [-0.3, -0.25) is 24.6 Å². The molecule has 0 radical (unpaired) electrons. The quantitative estimate of drug-likeness (QED) is 0.477. The van der Waals surface area contributed by atoms with Gasteiger partial charge in [0.25, 0.3) is 11.8 Å². The largest absolute Gasteiger partial charge is 0.398 e. The molecule has 0 aliphatic carbocycles. The van der Waals surface area contributed by atoms with Gasteiger partial charge < -0.3 is 10.8 Å². The van der Waals surface area contributed by atoms with Gasteiger partial charge in [0, 0.05) is 29.7 Å². The van der Waals surface area contributed by atoms with Crippen LogP contribution in [0.15, 0.2) is 12.1 Å². The first-order chi connectivity index (χ1) is 9.83. The minimum Gasteiger partial charge on any atom is -0.398 e. The van der Waals surface area contributed by atoms with E-state index in [1.54, 1.807) is 0 Å². The molecule has 3 amide bonds. The van der Waals surface area contributed by atoms with Crippen LogP contribution in [0.5, 0.6) is 0 Å². The van der Waals surface area contributed by atoms with Crippen molar-refractivity contribution in [3.05, 3.63) is 29.1 Å². The summed E-state index contributed by atoms with van der Waals surface area (Å²) in [6.45, 7) is -0.113. The number of carbonyl (C=O) groups is 3. The minimum absolute atomic E-state index is 0.0191. The summed E-state index contributed by atoms with van der Waals surface area (Å²) in [5, 5.41) is 12.5. The van der Waals surface area contributed by atoms with Crippen molar-refractivity contribution in [3.63, 3.8) is 0 Å². The Labute approximate surface area is 118 Å². The van der Waals surface area contributed by atoms with Crippen molar-refractivity contribution >= 4 is 23.4 Å². The number of hydrogen-bond acceptors (Lipinski definition) is 5. The molecule has 1 atom stereocenters. The maximum Gasteiger partial charge on any atom is 0.279 e. The fourth-order valence-corrected chi connectivity index (χ4v) is 2.65. The van der Waals surface area contributed by atoms with E-state index in [-0.39, 0.29) is 30.6 Å². The van der Waals surface area contributed by atoms with Crippen LogP contribution >= 0.6 is 0 Å². The molecule has 1 fully saturated rings. The number of halogens is 1. The number of hydrogen-bond donors (Lipinski definition) is 3. The monoisotopic (exact) mass is 293 g/mol. The van der Waals surface area contributed by atoms with Gasteiger partial charge in [-0.05, 0) is 12.1 Å². The summed E-state index contributed by atoms with van der Waals surface area (Å²) in [5.41, 5.74) is 4.00. The van der Waals surface area contributed by atoms with E-state index in [2.05, 4.69) is 0 Å². The van der Waals surface area contributed by atoms with Crippen LogP contribution in [0.3, 0.4) is 0 Å². The van der Waals surface area contributed by atoms with Gasteiger partial charge in [-0.25, -0.2) is 4.39 Å². The van der Waals surface area contributed by atoms with E-state index < -0.39 is 29.3 Å². The average Bonchev–Trinajstić information content (AvgIpc) is 2.73. The van der Waals surface area contributed by atoms with Crippen LogP contribution in [0.1, 0.15) is 28.8 Å². The van der Waals surface area contributed by atoms with E-state index in [1.165, 1.54) is 0 Å². The fourth-order valence-electron chi connectivity index (χ4n) is 2.65. The van der Waals surface area contributed by atoms with Crippen molar-refractivity contribution in [1.82, 2.24) is 10.2 Å². The van der Waals surface area contributed by atoms with Gasteiger partial charge in [-0.2, -0.15) is 0 Å². The Kier molecular flexibility index (Phi) is 2.74. The molecule has 1 aromatic rings. The van der Waals surface area contributed by atoms with Crippen molar-refractivity contribution < 1.29 is 23.9 Å². The summed E-state index contributed by atoms with van der Waals surface area (Å²) >= 11 is 0. The summed E-state index contributed by atoms with van der Waals surface area (Å²) in [6, 6.07) is 2.09. The van der Waals surface area contributed by atoms with E-state index in [0.29, 0.717) is 5.56 Å². The fraction of sp³-hybridized carbons (Fsp3) is 0.308. The number of nitrogens with one attached hydrogen (secondary N) is 1. The zero-order chi connectivity index (χ0) is 15.4. The topological polar surface area (TPSA) is 113 Å². The molecule has 21 heavy (non-hydrogen) atoms. The molecule has 8 heteroatoms. The lowest BCUT2D eigenvalue weighted by molar-refractivity contribution is -0.167. The number of nitrogens with two attached hydrogens (primary N) is 1. The SMILES string of the molecule is Nc1cc(F)cc2c1CN(C1(O)CCC(=O)NC1=O)C2=O. The maximum absolute atomic E-state index is 13.4. The lowest BCUT2D eigenvalue weighted by atomic mass is 10.00. The van der Waals surface area contributed by atoms with Crippen LogP contribution in [0, 0.1) is 5.82 Å². The molecular weight excluding hydrogens is 281 g/mol. The van der Waals surface area contributed by atoms with Crippen molar-refractivity contribution in [2.45, 2.75) is 25.1 Å². The number of anilines is 1. The molecule has 0 saturated carbocycles. The van der Waals surface area contributed by atoms with Crippen LogP contribution in [0.25, 0.3) is 0 Å². The number of amides is 3. The van der Waals surface area contributed by atoms with Gasteiger partial charge in [-0.15, -0.1) is 0 Å². The summed E-state index contributed by atoms with van der Waals surface area (Å²) in [4.78, 5) is 36.3. The molecule has 2 heterocycles. The van der Waals surface area contributed by atoms with Crippen molar-refractivity contribution in [1.29, 1.82) is 0 Å². The highest BCUT2D eigenvalue weighted by Gasteiger charge is 2.51. The normalized spacial score (nSPS) is 25.0. The highest BCUT2D eigenvalue weighted by molar-refractivity contribution is 6.07. The van der Waals surface area contributed by atoms with E-state index >= 15 is 0 Å². The van der Waals surface area contributed by atoms with Gasteiger partial charge >= 0.3 is 0 Å². The zero-order valence-corrected chi connectivity index (χ0v) is 10.9. The van der Waals surface area contributed by atoms with Crippen molar-refractivity contribution in [2.24, 2.45) is 0 Å². The Bertz CT molecular complexity index is 690. The molecule has 0 bridgehead atoms. The summed E-state index contributed by atoms with van der Waals surface area (Å²) in [6.07, 6.45) is -0.300. The number of imide groups is 1. The van der Waals surface area contributed by atoms with Crippen molar-refractivity contribution in [2.75, 3.05) is 5.73 Å². The van der Waals surface area contributed by atoms with Crippen LogP contribution < -0.4 is 11.1 Å². The number of nitrogens with zero attached hydrogens (tertiary/aromatic N) is 1. The summed E-state index contributed by atoms with van der Waals surface area (Å²) in [5.74, 6) is -2.83. The van der Waals surface area contributed by atoms with Gasteiger partial charge in [-0.1, -0.05) is 0 Å². The third-order valence-electron chi connectivity index (χ3n) is 3.80. The Morgan fingerprint density at radius 2 is 2.05 bits per heavy atom. The second-order valence-corrected chi connectivity index (χ2v) is 5.11. The molecule has 1 saturated heterocycles. The van der Waals surface area contributed by atoms with Gasteiger partial charge in [0.05, 0.1) is 6.54 Å². The molecule has 3 rings (SSSR count). The van der Waals surface area contributed by atoms with E-state index in [9.17, 15) is 23.9 Å². The Hall–Kier alpha value is -2.48. The predicted octanol–water partition coefficient (Wildman–Crippen LogP) is -0.511. The molecule has 2 aliphatic heterocycles. The van der Waals surface area contributed by atoms with E-state index in [0.717, 1.165) is 17.0 Å². The predicted molar refractivity (Wildman–Crippen MR) is 68.0 cm³/mol. The molecule has 1 unspecified atom stereocenters. The number of nitrogen functional groups attached to an aromatic ring is 1. The van der Waals surface area contributed by atoms with Crippen LogP contribution in [-0.2, 0) is 16.1 Å². The molecule has 1 aromatic carbocycles. The standard InChI is InChI=1S/C13H12FN3O4/c14-6-3-7-8(9(15)4-6)5-17(11(7)19)13(21)2-1-10(18)16-12(13)20/h3-4,21H,1-2,5,15H2,(H,16,18,20). The van der Waals surface area contributed by atoms with Crippen LogP contribution in [0.4, 0.5) is 10.1 Å². The smallest absolute Gasteiger partial charge is 0.279 e. The molecule has 0 spiro atoms. The number of rotatable bonds is 1. The number of aliphatic hydroxyl groups is 1. The summed E-state index contributed by atoms with van der Waals surface area (Å²) < 4.78 is 13.4. The highest BCUT2D eigenvalue weighted by atomic mass is 19.1.